The van der Waals surface area contributed by atoms with Gasteiger partial charge in [0.2, 0.25) is 0 Å². The summed E-state index contributed by atoms with van der Waals surface area (Å²) in [6.07, 6.45) is -0.626. The molecule has 1 aromatic carbocycles. The van der Waals surface area contributed by atoms with Crippen molar-refractivity contribution in [2.45, 2.75) is 33.1 Å². The summed E-state index contributed by atoms with van der Waals surface area (Å²) in [7, 11) is 1.00. The van der Waals surface area contributed by atoms with Crippen molar-refractivity contribution in [1.82, 2.24) is 9.88 Å². The Morgan fingerprint density at radius 1 is 1.48 bits per heavy atom. The van der Waals surface area contributed by atoms with E-state index in [0.717, 1.165) is 13.5 Å². The van der Waals surface area contributed by atoms with Gasteiger partial charge in [-0.15, -0.1) is 0 Å². The van der Waals surface area contributed by atoms with Crippen molar-refractivity contribution in [1.29, 1.82) is 0 Å². The Hall–Kier alpha value is -1.85. The van der Waals surface area contributed by atoms with Gasteiger partial charge in [-0.3, -0.25) is 4.79 Å². The van der Waals surface area contributed by atoms with Crippen molar-refractivity contribution in [2.75, 3.05) is 27.1 Å². The fourth-order valence-corrected chi connectivity index (χ4v) is 2.81. The van der Waals surface area contributed by atoms with Crippen molar-refractivity contribution in [3.63, 3.8) is 0 Å². The summed E-state index contributed by atoms with van der Waals surface area (Å²) in [5, 5.41) is 0.182. The van der Waals surface area contributed by atoms with E-state index >= 15 is 0 Å². The average molecular weight is 353 g/mol. The molecule has 2 rings (SSSR count). The first-order chi connectivity index (χ1) is 14.6. The van der Waals surface area contributed by atoms with E-state index in [1.165, 1.54) is 12.3 Å². The van der Waals surface area contributed by atoms with Crippen molar-refractivity contribution >= 4 is 16.9 Å². The topological polar surface area (TPSA) is 71.3 Å². The van der Waals surface area contributed by atoms with E-state index in [1.807, 2.05) is 13.8 Å². The molecule has 0 aliphatic rings. The summed E-state index contributed by atoms with van der Waals surface area (Å²) < 4.78 is 61.5. The molecule has 0 aliphatic heterocycles. The highest BCUT2D eigenvalue weighted by Crippen LogP contribution is 2.30. The Morgan fingerprint density at radius 3 is 2.96 bits per heavy atom. The van der Waals surface area contributed by atoms with Gasteiger partial charge < -0.3 is 20.4 Å². The molecule has 0 unspecified atom stereocenters. The molecular weight excluding hydrogens is 314 g/mol. The molecule has 5 heteroatoms. The summed E-state index contributed by atoms with van der Waals surface area (Å²) in [5.41, 5.74) is 6.06. The van der Waals surface area contributed by atoms with Crippen LogP contribution in [0, 0.1) is 11.8 Å². The monoisotopic (exact) mass is 352 g/mol. The number of fused-ring (bicyclic) bond motifs is 1. The normalized spacial score (nSPS) is 18.7. The van der Waals surface area contributed by atoms with E-state index in [4.69, 9.17) is 20.1 Å². The van der Waals surface area contributed by atoms with E-state index in [2.05, 4.69) is 4.98 Å². The Bertz CT molecular complexity index is 941. The highest BCUT2D eigenvalue weighted by Gasteiger charge is 2.18. The van der Waals surface area contributed by atoms with E-state index in [9.17, 15) is 4.79 Å². The van der Waals surface area contributed by atoms with Crippen LogP contribution in [0.25, 0.3) is 10.9 Å². The number of H-pyrrole nitrogens is 1. The molecule has 0 amide bonds. The Morgan fingerprint density at radius 2 is 2.28 bits per heavy atom. The number of carbonyl (C=O) groups is 1. The van der Waals surface area contributed by atoms with Crippen molar-refractivity contribution in [2.24, 2.45) is 17.6 Å². The lowest BCUT2D eigenvalue weighted by Gasteiger charge is -2.16. The summed E-state index contributed by atoms with van der Waals surface area (Å²) in [6, 6.07) is 4.76. The molecule has 0 saturated heterocycles. The summed E-state index contributed by atoms with van der Waals surface area (Å²) in [6.45, 7) is -1.35. The summed E-state index contributed by atoms with van der Waals surface area (Å²) in [4.78, 5) is 15.8. The van der Waals surface area contributed by atoms with Gasteiger partial charge in [0.1, 0.15) is 5.75 Å². The maximum absolute atomic E-state index is 12.6. The van der Waals surface area contributed by atoms with E-state index in [0.29, 0.717) is 22.9 Å². The number of benzene rings is 1. The zero-order valence-corrected chi connectivity index (χ0v) is 14.9. The number of nitrogens with one attached hydrogen (secondary N) is 1. The zero-order valence-electron chi connectivity index (χ0n) is 21.9. The van der Waals surface area contributed by atoms with Gasteiger partial charge in [0.15, 0.2) is 0 Å². The number of carbonyl (C=O) groups excluding carboxylic acids is 1. The van der Waals surface area contributed by atoms with Gasteiger partial charge >= 0.3 is 5.97 Å². The Balaban J connectivity index is 2.44. The van der Waals surface area contributed by atoms with Gasteiger partial charge in [0.05, 0.1) is 0 Å². The van der Waals surface area contributed by atoms with Crippen LogP contribution in [-0.2, 0) is 11.2 Å². The number of hydrogen-bond donors (Lipinski definition) is 2. The molecule has 1 heterocycles. The van der Waals surface area contributed by atoms with Gasteiger partial charge in [0.25, 0.3) is 0 Å². The highest BCUT2D eigenvalue weighted by molar-refractivity contribution is 5.91. The minimum atomic E-state index is -2.90. The number of aromatic nitrogens is 1. The zero-order chi connectivity index (χ0) is 24.5. The second kappa shape index (κ2) is 9.02. The van der Waals surface area contributed by atoms with Crippen LogP contribution in [0.1, 0.15) is 41.8 Å². The lowest BCUT2D eigenvalue weighted by molar-refractivity contribution is -0.135. The first-order valence-electron chi connectivity index (χ1n) is 11.9. The van der Waals surface area contributed by atoms with Crippen molar-refractivity contribution in [3.8, 4) is 5.75 Å². The molecule has 0 radical (unpaired) electrons. The lowest BCUT2D eigenvalue weighted by Crippen LogP contribution is -2.22. The average Bonchev–Trinajstić information content (AvgIpc) is 3.11. The van der Waals surface area contributed by atoms with E-state index < -0.39 is 25.8 Å². The van der Waals surface area contributed by atoms with Crippen LogP contribution < -0.4 is 10.5 Å². The van der Waals surface area contributed by atoms with Gasteiger partial charge in [0, 0.05) is 39.6 Å². The molecule has 3 N–H and O–H groups in total. The minimum absolute atomic E-state index is 0.0547. The summed E-state index contributed by atoms with van der Waals surface area (Å²) >= 11 is 0. The number of aromatic amines is 1. The molecule has 0 bridgehead atoms. The van der Waals surface area contributed by atoms with Gasteiger partial charge in [-0.1, -0.05) is 19.9 Å². The number of likely N-dealkylation sites (N-methyl/N-ethyl adjacent to an activating group) is 1. The fourth-order valence-electron chi connectivity index (χ4n) is 2.81. The third-order valence-electron chi connectivity index (χ3n) is 3.84. The fraction of sp³-hybridized carbons (Fsp3) is 0.550. The molecule has 25 heavy (non-hydrogen) atoms. The van der Waals surface area contributed by atoms with E-state index in [1.54, 1.807) is 12.1 Å². The van der Waals surface area contributed by atoms with Crippen LogP contribution in [0.5, 0.6) is 5.75 Å². The first kappa shape index (κ1) is 11.7. The van der Waals surface area contributed by atoms with Crippen molar-refractivity contribution in [3.05, 3.63) is 30.0 Å². The van der Waals surface area contributed by atoms with Gasteiger partial charge in [-0.2, -0.15) is 0 Å². The number of aryl methyl sites for hydroxylation is 1. The number of nitrogens with two attached hydrogens (primary N) is 1. The van der Waals surface area contributed by atoms with Crippen LogP contribution in [0.2, 0.25) is 0 Å². The molecule has 138 valence electrons. The second-order valence-corrected chi connectivity index (χ2v) is 6.59. The Kier molecular flexibility index (Phi) is 4.22. The second-order valence-electron chi connectivity index (χ2n) is 6.59. The predicted octanol–water partition coefficient (Wildman–Crippen LogP) is 3.19. The van der Waals surface area contributed by atoms with Crippen LogP contribution in [0.3, 0.4) is 0 Å². The van der Waals surface area contributed by atoms with Crippen molar-refractivity contribution < 1.29 is 19.1 Å². The largest absolute Gasteiger partial charge is 0.426 e. The van der Waals surface area contributed by atoms with Crippen LogP contribution in [-0.4, -0.2) is 42.9 Å². The number of nitrogens with zero attached hydrogens (tertiary/aromatic N) is 1. The number of rotatable bonds is 9. The maximum atomic E-state index is 12.6. The molecule has 2 aromatic rings. The van der Waals surface area contributed by atoms with Gasteiger partial charge in [-0.05, 0) is 62.9 Å². The number of ether oxygens (including phenoxy) is 1. The lowest BCUT2D eigenvalue weighted by atomic mass is 9.94. The standard InChI is InChI=1S/C20H31N3O2/c1-14(2)10-15(12-21)11-19(24)25-18-7-5-6-17-20(18)16(13-22-17)8-9-23(3)4/h5-7,13-15,22H,8-12,21H2,1-4H3/t15-/m0/s1/i3D3,8D2,9D2. The summed E-state index contributed by atoms with van der Waals surface area (Å²) in [5.74, 6) is -0.147. The predicted molar refractivity (Wildman–Crippen MR) is 103 cm³/mol. The molecule has 1 aromatic heterocycles. The number of hydrogen-bond acceptors (Lipinski definition) is 4. The third-order valence-corrected chi connectivity index (χ3v) is 3.84. The van der Waals surface area contributed by atoms with Crippen LogP contribution >= 0.6 is 0 Å². The molecular formula is C20H31N3O2. The molecule has 0 aliphatic carbocycles. The SMILES string of the molecule is [2H]C([2H])([2H])N(C)C([2H])([2H])C([2H])([2H])c1c[nH]c2cccc(OC(=O)C[C@@H](CN)CC(C)C)c12. The van der Waals surface area contributed by atoms with Gasteiger partial charge in [-0.25, -0.2) is 0 Å². The molecule has 0 fully saturated rings. The minimum Gasteiger partial charge on any atom is -0.426 e. The third kappa shape index (κ3) is 5.58. The molecule has 0 spiro atoms. The Labute approximate surface area is 160 Å². The molecule has 0 saturated carbocycles. The van der Waals surface area contributed by atoms with Crippen LogP contribution in [0.4, 0.5) is 0 Å². The first-order valence-corrected chi connectivity index (χ1v) is 8.38. The van der Waals surface area contributed by atoms with Crippen LogP contribution in [0.15, 0.2) is 24.4 Å². The smallest absolute Gasteiger partial charge is 0.311 e. The quantitative estimate of drug-likeness (QED) is 0.537. The molecule has 1 atom stereocenters. The molecule has 5 nitrogen and oxygen atoms in total. The van der Waals surface area contributed by atoms with E-state index in [-0.39, 0.29) is 29.0 Å². The maximum Gasteiger partial charge on any atom is 0.311 e. The highest BCUT2D eigenvalue weighted by atomic mass is 16.5. The number of esters is 1.